The molecule has 0 radical (unpaired) electrons. The third-order valence-electron chi connectivity index (χ3n) is 7.46. The molecule has 8 nitrogen and oxygen atoms in total. The van der Waals surface area contributed by atoms with Gasteiger partial charge < -0.3 is 24.8 Å². The number of anilines is 1. The van der Waals surface area contributed by atoms with E-state index in [1.54, 1.807) is 0 Å². The van der Waals surface area contributed by atoms with Crippen molar-refractivity contribution in [2.24, 2.45) is 7.05 Å². The highest BCUT2D eigenvalue weighted by Crippen LogP contribution is 2.43. The van der Waals surface area contributed by atoms with E-state index >= 15 is 0 Å². The van der Waals surface area contributed by atoms with E-state index in [1.165, 1.54) is 0 Å². The van der Waals surface area contributed by atoms with E-state index in [0.717, 1.165) is 35.4 Å². The third kappa shape index (κ3) is 3.20. The second-order valence-electron chi connectivity index (χ2n) is 9.57. The van der Waals surface area contributed by atoms with Crippen LogP contribution in [0.4, 0.5) is 5.69 Å². The summed E-state index contributed by atoms with van der Waals surface area (Å²) in [5.74, 6) is 0.881. The van der Waals surface area contributed by atoms with Crippen LogP contribution >= 0.6 is 0 Å². The van der Waals surface area contributed by atoms with Crippen molar-refractivity contribution in [3.8, 4) is 0 Å². The van der Waals surface area contributed by atoms with Crippen molar-refractivity contribution in [3.05, 3.63) is 59.4 Å². The Hall–Kier alpha value is -3.39. The number of aryl methyl sites for hydroxylation is 2. The van der Waals surface area contributed by atoms with E-state index in [0.29, 0.717) is 37.2 Å². The Labute approximate surface area is 191 Å². The highest BCUT2D eigenvalue weighted by atomic mass is 16.5. The van der Waals surface area contributed by atoms with Crippen LogP contribution in [0.2, 0.25) is 0 Å². The quantitative estimate of drug-likeness (QED) is 0.601. The fraction of sp³-hybridized carbons (Fsp3) is 0.400. The van der Waals surface area contributed by atoms with Gasteiger partial charge in [-0.3, -0.25) is 9.59 Å². The molecule has 0 saturated carbocycles. The van der Waals surface area contributed by atoms with Crippen LogP contribution in [0.25, 0.3) is 11.0 Å². The van der Waals surface area contributed by atoms with Crippen LogP contribution in [0.3, 0.4) is 0 Å². The average molecular weight is 446 g/mol. The summed E-state index contributed by atoms with van der Waals surface area (Å²) in [6, 6.07) is 13.3. The van der Waals surface area contributed by atoms with Crippen molar-refractivity contribution in [1.82, 2.24) is 19.8 Å². The number of likely N-dealkylation sites (tertiary alicyclic amines) is 1. The van der Waals surface area contributed by atoms with Crippen LogP contribution in [0.15, 0.2) is 42.5 Å². The number of para-hydroxylation sites is 1. The van der Waals surface area contributed by atoms with Crippen molar-refractivity contribution < 1.29 is 14.3 Å². The van der Waals surface area contributed by atoms with Crippen LogP contribution in [-0.2, 0) is 11.8 Å². The number of carbonyl (C=O) groups excluding carboxylic acids is 2. The topological polar surface area (TPSA) is 88.5 Å². The maximum Gasteiger partial charge on any atom is 0.255 e. The highest BCUT2D eigenvalue weighted by Gasteiger charge is 2.53. The van der Waals surface area contributed by atoms with Crippen molar-refractivity contribution in [3.63, 3.8) is 0 Å². The molecule has 2 amide bonds. The number of nitrogens with zero attached hydrogens (tertiary/aromatic N) is 3. The molecule has 1 aromatic heterocycles. The number of hydrogen-bond donors (Lipinski definition) is 2. The molecule has 3 aliphatic heterocycles. The van der Waals surface area contributed by atoms with E-state index < -0.39 is 5.66 Å². The predicted octanol–water partition coefficient (Wildman–Crippen LogP) is 2.83. The number of fused-ring (bicyclic) bond motifs is 2. The number of benzene rings is 2. The Morgan fingerprint density at radius 2 is 1.91 bits per heavy atom. The van der Waals surface area contributed by atoms with Crippen LogP contribution in [-0.4, -0.2) is 57.2 Å². The molecule has 3 aromatic rings. The van der Waals surface area contributed by atoms with E-state index in [-0.39, 0.29) is 17.4 Å². The van der Waals surface area contributed by atoms with Crippen molar-refractivity contribution in [2.45, 2.75) is 37.5 Å². The van der Waals surface area contributed by atoms with Gasteiger partial charge in [-0.15, -0.1) is 0 Å². The van der Waals surface area contributed by atoms with E-state index in [1.807, 2.05) is 65.9 Å². The molecule has 2 N–H and O–H groups in total. The summed E-state index contributed by atoms with van der Waals surface area (Å²) in [6.07, 6.45) is 2.16. The summed E-state index contributed by atoms with van der Waals surface area (Å²) < 4.78 is 8.34. The van der Waals surface area contributed by atoms with Gasteiger partial charge in [-0.1, -0.05) is 12.1 Å². The maximum absolute atomic E-state index is 13.2. The van der Waals surface area contributed by atoms with Crippen molar-refractivity contribution in [1.29, 1.82) is 0 Å². The Morgan fingerprint density at radius 3 is 2.73 bits per heavy atom. The zero-order chi connectivity index (χ0) is 22.8. The summed E-state index contributed by atoms with van der Waals surface area (Å²) >= 11 is 0. The fourth-order valence-corrected chi connectivity index (χ4v) is 5.53. The van der Waals surface area contributed by atoms with Crippen LogP contribution < -0.4 is 10.6 Å². The summed E-state index contributed by atoms with van der Waals surface area (Å²) in [5, 5.41) is 6.65. The van der Waals surface area contributed by atoms with Gasteiger partial charge in [-0.05, 0) is 50.1 Å². The molecule has 4 heterocycles. The molecule has 170 valence electrons. The number of imidazole rings is 1. The molecule has 1 unspecified atom stereocenters. The molecule has 8 heteroatoms. The molecular formula is C25H27N5O3. The highest BCUT2D eigenvalue weighted by molar-refractivity contribution is 6.02. The second-order valence-corrected chi connectivity index (χ2v) is 9.57. The number of rotatable bonds is 1. The molecule has 2 aromatic carbocycles. The van der Waals surface area contributed by atoms with Gasteiger partial charge in [-0.25, -0.2) is 4.98 Å². The first-order valence-corrected chi connectivity index (χ1v) is 11.4. The zero-order valence-corrected chi connectivity index (χ0v) is 18.9. The Bertz CT molecular complexity index is 1290. The van der Waals surface area contributed by atoms with Crippen LogP contribution in [0.5, 0.6) is 0 Å². The summed E-state index contributed by atoms with van der Waals surface area (Å²) in [5.41, 5.74) is 3.09. The number of carbonyl (C=O) groups is 2. The number of amides is 2. The lowest BCUT2D eigenvalue weighted by molar-refractivity contribution is -0.0393. The Kier molecular flexibility index (Phi) is 4.32. The lowest BCUT2D eigenvalue weighted by atomic mass is 9.84. The minimum absolute atomic E-state index is 0.0285. The van der Waals surface area contributed by atoms with Crippen LogP contribution in [0.1, 0.15) is 45.8 Å². The minimum Gasteiger partial charge on any atom is -0.370 e. The average Bonchev–Trinajstić information content (AvgIpc) is 3.29. The zero-order valence-electron chi connectivity index (χ0n) is 18.9. The fourth-order valence-electron chi connectivity index (χ4n) is 5.53. The van der Waals surface area contributed by atoms with Crippen molar-refractivity contribution in [2.75, 3.05) is 25.0 Å². The Morgan fingerprint density at radius 1 is 1.12 bits per heavy atom. The molecule has 0 bridgehead atoms. The number of nitrogens with one attached hydrogen (secondary N) is 2. The third-order valence-corrected chi connectivity index (χ3v) is 7.46. The van der Waals surface area contributed by atoms with Gasteiger partial charge in [0.15, 0.2) is 0 Å². The molecule has 0 aliphatic carbocycles. The van der Waals surface area contributed by atoms with E-state index in [2.05, 4.69) is 15.6 Å². The number of hydrogen-bond acceptors (Lipinski definition) is 5. The molecule has 33 heavy (non-hydrogen) atoms. The molecule has 2 spiro atoms. The maximum atomic E-state index is 13.2. The molecular weight excluding hydrogens is 418 g/mol. The van der Waals surface area contributed by atoms with Gasteiger partial charge >= 0.3 is 0 Å². The smallest absolute Gasteiger partial charge is 0.255 e. The molecule has 2 fully saturated rings. The standard InChI is InChI=1S/C25H27N5O3/c1-16-26-20-13-17(7-8-21(20)29(16)2)23(32)30-11-9-24(10-12-30)14-25(15-33-24)27-19-6-4-3-5-18(19)22(31)28-25/h3-8,13,27H,9-12,14-15H2,1-2H3,(H,28,31). The molecule has 1 atom stereocenters. The first-order valence-electron chi connectivity index (χ1n) is 11.4. The van der Waals surface area contributed by atoms with Gasteiger partial charge in [-0.2, -0.15) is 0 Å². The number of piperidine rings is 1. The van der Waals surface area contributed by atoms with E-state index in [9.17, 15) is 9.59 Å². The second kappa shape index (κ2) is 7.05. The molecule has 6 rings (SSSR count). The van der Waals surface area contributed by atoms with Gasteiger partial charge in [0.2, 0.25) is 0 Å². The summed E-state index contributed by atoms with van der Waals surface area (Å²) in [7, 11) is 1.98. The monoisotopic (exact) mass is 445 g/mol. The SMILES string of the molecule is Cc1nc2cc(C(=O)N3CCC4(CC3)CC3(CO4)NC(=O)c4ccccc4N3)ccc2n1C. The number of ether oxygens (including phenoxy) is 1. The summed E-state index contributed by atoms with van der Waals surface area (Å²) in [6.45, 7) is 3.62. The normalized spacial score (nSPS) is 23.6. The van der Waals surface area contributed by atoms with Gasteiger partial charge in [0.1, 0.15) is 11.5 Å². The predicted molar refractivity (Wildman–Crippen MR) is 124 cm³/mol. The van der Waals surface area contributed by atoms with E-state index in [4.69, 9.17) is 4.74 Å². The first kappa shape index (κ1) is 20.2. The lowest BCUT2D eigenvalue weighted by Crippen LogP contribution is -2.59. The lowest BCUT2D eigenvalue weighted by Gasteiger charge is -2.41. The van der Waals surface area contributed by atoms with Crippen molar-refractivity contribution >= 4 is 28.5 Å². The van der Waals surface area contributed by atoms with Gasteiger partial charge in [0.05, 0.1) is 28.8 Å². The van der Waals surface area contributed by atoms with Gasteiger partial charge in [0, 0.05) is 37.8 Å². The van der Waals surface area contributed by atoms with Crippen LogP contribution in [0, 0.1) is 6.92 Å². The first-order chi connectivity index (χ1) is 15.9. The number of aromatic nitrogens is 2. The van der Waals surface area contributed by atoms with Gasteiger partial charge in [0.25, 0.3) is 11.8 Å². The molecule has 2 saturated heterocycles. The minimum atomic E-state index is -0.598. The largest absolute Gasteiger partial charge is 0.370 e. The molecule has 3 aliphatic rings. The Balaban J connectivity index is 1.16. The summed E-state index contributed by atoms with van der Waals surface area (Å²) in [4.78, 5) is 32.3.